The first-order valence-corrected chi connectivity index (χ1v) is 7.82. The van der Waals surface area contributed by atoms with Crippen LogP contribution in [0.2, 0.25) is 0 Å². The van der Waals surface area contributed by atoms with E-state index in [-0.39, 0.29) is 24.5 Å². The number of alkyl halides is 3. The van der Waals surface area contributed by atoms with Crippen molar-refractivity contribution in [2.75, 3.05) is 13.6 Å². The summed E-state index contributed by atoms with van der Waals surface area (Å²) >= 11 is 0. The predicted octanol–water partition coefficient (Wildman–Crippen LogP) is 3.61. The monoisotopic (exact) mass is 352 g/mol. The van der Waals surface area contributed by atoms with Crippen LogP contribution in [-0.2, 0) is 17.6 Å². The summed E-state index contributed by atoms with van der Waals surface area (Å²) < 4.78 is 41.2. The molecule has 0 aliphatic heterocycles. The number of nitrogens with zero attached hydrogens (tertiary/aromatic N) is 2. The number of likely N-dealkylation sites (N-methyl/N-ethyl adjacent to an activating group) is 1. The third-order valence-electron chi connectivity index (χ3n) is 3.66. The van der Waals surface area contributed by atoms with Crippen molar-refractivity contribution in [3.63, 3.8) is 0 Å². The Morgan fingerprint density at radius 2 is 1.84 bits per heavy atom. The van der Waals surface area contributed by atoms with E-state index in [1.165, 1.54) is 18.2 Å². The van der Waals surface area contributed by atoms with Crippen molar-refractivity contribution < 1.29 is 22.7 Å². The van der Waals surface area contributed by atoms with Crippen LogP contribution in [0.1, 0.15) is 17.7 Å². The SMILES string of the molecule is CN(CCc1ccccn1)C(=O)CCc1ccccc1OC(F)(F)F. The number of amides is 1. The summed E-state index contributed by atoms with van der Waals surface area (Å²) in [5, 5.41) is 0. The fraction of sp³-hybridized carbons (Fsp3) is 0.333. The molecular weight excluding hydrogens is 333 g/mol. The highest BCUT2D eigenvalue weighted by Gasteiger charge is 2.32. The molecule has 1 amide bonds. The van der Waals surface area contributed by atoms with Crippen LogP contribution in [0.3, 0.4) is 0 Å². The largest absolute Gasteiger partial charge is 0.573 e. The number of aryl methyl sites for hydroxylation is 1. The highest BCUT2D eigenvalue weighted by atomic mass is 19.4. The van der Waals surface area contributed by atoms with E-state index in [1.807, 2.05) is 18.2 Å². The second kappa shape index (κ2) is 8.50. The fourth-order valence-electron chi connectivity index (χ4n) is 2.32. The van der Waals surface area contributed by atoms with Gasteiger partial charge in [-0.15, -0.1) is 13.2 Å². The summed E-state index contributed by atoms with van der Waals surface area (Å²) in [7, 11) is 1.67. The Morgan fingerprint density at radius 3 is 2.52 bits per heavy atom. The van der Waals surface area contributed by atoms with Crippen LogP contribution in [-0.4, -0.2) is 35.7 Å². The number of aromatic nitrogens is 1. The molecule has 134 valence electrons. The molecule has 0 fully saturated rings. The van der Waals surface area contributed by atoms with E-state index in [2.05, 4.69) is 9.72 Å². The number of benzene rings is 1. The molecule has 0 atom stereocenters. The molecule has 1 aromatic heterocycles. The topological polar surface area (TPSA) is 42.4 Å². The van der Waals surface area contributed by atoms with Crippen LogP contribution in [0, 0.1) is 0 Å². The maximum absolute atomic E-state index is 12.4. The van der Waals surface area contributed by atoms with Crippen LogP contribution >= 0.6 is 0 Å². The predicted molar refractivity (Wildman–Crippen MR) is 87.0 cm³/mol. The third-order valence-corrected chi connectivity index (χ3v) is 3.66. The highest BCUT2D eigenvalue weighted by molar-refractivity contribution is 5.76. The van der Waals surface area contributed by atoms with Crippen LogP contribution in [0.25, 0.3) is 0 Å². The smallest absolute Gasteiger partial charge is 0.406 e. The number of para-hydroxylation sites is 1. The normalized spacial score (nSPS) is 11.2. The zero-order chi connectivity index (χ0) is 18.3. The third kappa shape index (κ3) is 6.45. The minimum Gasteiger partial charge on any atom is -0.406 e. The lowest BCUT2D eigenvalue weighted by atomic mass is 10.1. The summed E-state index contributed by atoms with van der Waals surface area (Å²) in [6, 6.07) is 11.4. The summed E-state index contributed by atoms with van der Waals surface area (Å²) in [6.07, 6.45) is -2.15. The summed E-state index contributed by atoms with van der Waals surface area (Å²) in [5.74, 6) is -0.406. The van der Waals surface area contributed by atoms with E-state index in [1.54, 1.807) is 24.2 Å². The molecule has 0 saturated heterocycles. The molecule has 25 heavy (non-hydrogen) atoms. The molecule has 7 heteroatoms. The van der Waals surface area contributed by atoms with Crippen molar-refractivity contribution in [3.05, 3.63) is 59.9 Å². The quantitative estimate of drug-likeness (QED) is 0.764. The summed E-state index contributed by atoms with van der Waals surface area (Å²) in [6.45, 7) is 0.497. The number of carbonyl (C=O) groups excluding carboxylic acids is 1. The maximum Gasteiger partial charge on any atom is 0.573 e. The molecule has 2 aromatic rings. The van der Waals surface area contributed by atoms with E-state index in [4.69, 9.17) is 0 Å². The van der Waals surface area contributed by atoms with E-state index < -0.39 is 6.36 Å². The van der Waals surface area contributed by atoms with Crippen molar-refractivity contribution in [1.82, 2.24) is 9.88 Å². The minimum absolute atomic E-state index is 0.108. The van der Waals surface area contributed by atoms with Crippen molar-refractivity contribution >= 4 is 5.91 Å². The van der Waals surface area contributed by atoms with Crippen LogP contribution in [0.5, 0.6) is 5.75 Å². The van der Waals surface area contributed by atoms with Gasteiger partial charge in [-0.1, -0.05) is 24.3 Å². The van der Waals surface area contributed by atoms with Gasteiger partial charge in [0, 0.05) is 38.3 Å². The van der Waals surface area contributed by atoms with E-state index in [9.17, 15) is 18.0 Å². The Morgan fingerprint density at radius 1 is 1.12 bits per heavy atom. The van der Waals surface area contributed by atoms with Gasteiger partial charge in [0.2, 0.25) is 5.91 Å². The zero-order valence-corrected chi connectivity index (χ0v) is 13.8. The van der Waals surface area contributed by atoms with Crippen molar-refractivity contribution in [2.24, 2.45) is 0 Å². The Hall–Kier alpha value is -2.57. The molecular formula is C18H19F3N2O2. The highest BCUT2D eigenvalue weighted by Crippen LogP contribution is 2.27. The molecule has 4 nitrogen and oxygen atoms in total. The molecule has 2 rings (SSSR count). The van der Waals surface area contributed by atoms with Gasteiger partial charge in [-0.3, -0.25) is 9.78 Å². The Balaban J connectivity index is 1.87. The average molecular weight is 352 g/mol. The van der Waals surface area contributed by atoms with Crippen molar-refractivity contribution in [3.8, 4) is 5.75 Å². The Labute approximate surface area is 144 Å². The lowest BCUT2D eigenvalue weighted by Crippen LogP contribution is -2.29. The first-order valence-electron chi connectivity index (χ1n) is 7.82. The standard InChI is InChI=1S/C18H19F3N2O2/c1-23(13-11-15-7-4-5-12-22-15)17(24)10-9-14-6-2-3-8-16(14)25-18(19,20)21/h2-8,12H,9-11,13H2,1H3. The minimum atomic E-state index is -4.75. The number of ether oxygens (including phenoxy) is 1. The molecule has 0 aliphatic rings. The zero-order valence-electron chi connectivity index (χ0n) is 13.8. The Kier molecular flexibility index (Phi) is 6.38. The summed E-state index contributed by atoms with van der Waals surface area (Å²) in [5.41, 5.74) is 1.23. The number of carbonyl (C=O) groups is 1. The van der Waals surface area contributed by atoms with E-state index >= 15 is 0 Å². The molecule has 0 N–H and O–H groups in total. The molecule has 1 heterocycles. The van der Waals surface area contributed by atoms with Crippen molar-refractivity contribution in [2.45, 2.75) is 25.6 Å². The first kappa shape index (κ1) is 18.8. The van der Waals surface area contributed by atoms with Gasteiger partial charge in [0.1, 0.15) is 5.75 Å². The molecule has 0 unspecified atom stereocenters. The Bertz CT molecular complexity index is 690. The van der Waals surface area contributed by atoms with Crippen LogP contribution < -0.4 is 4.74 Å². The number of hydrogen-bond acceptors (Lipinski definition) is 3. The average Bonchev–Trinajstić information content (AvgIpc) is 2.58. The maximum atomic E-state index is 12.4. The van der Waals surface area contributed by atoms with E-state index in [0.717, 1.165) is 5.69 Å². The lowest BCUT2D eigenvalue weighted by molar-refractivity contribution is -0.274. The van der Waals surface area contributed by atoms with Gasteiger partial charge in [0.25, 0.3) is 0 Å². The molecule has 0 aliphatic carbocycles. The lowest BCUT2D eigenvalue weighted by Gasteiger charge is -2.18. The summed E-state index contributed by atoms with van der Waals surface area (Å²) in [4.78, 5) is 17.9. The molecule has 0 saturated carbocycles. The van der Waals surface area contributed by atoms with Gasteiger partial charge < -0.3 is 9.64 Å². The van der Waals surface area contributed by atoms with Gasteiger partial charge in [0.05, 0.1) is 0 Å². The van der Waals surface area contributed by atoms with Gasteiger partial charge >= 0.3 is 6.36 Å². The molecule has 0 spiro atoms. The van der Waals surface area contributed by atoms with Gasteiger partial charge in [-0.05, 0) is 30.2 Å². The van der Waals surface area contributed by atoms with Crippen molar-refractivity contribution in [1.29, 1.82) is 0 Å². The molecule has 0 radical (unpaired) electrons. The first-order chi connectivity index (χ1) is 11.8. The van der Waals surface area contributed by atoms with Gasteiger partial charge in [0.15, 0.2) is 0 Å². The van der Waals surface area contributed by atoms with Crippen LogP contribution in [0.4, 0.5) is 13.2 Å². The van der Waals surface area contributed by atoms with Gasteiger partial charge in [-0.25, -0.2) is 0 Å². The second-order valence-electron chi connectivity index (χ2n) is 5.54. The van der Waals surface area contributed by atoms with E-state index in [0.29, 0.717) is 18.5 Å². The number of halogens is 3. The fourth-order valence-corrected chi connectivity index (χ4v) is 2.32. The number of rotatable bonds is 7. The molecule has 1 aromatic carbocycles. The molecule has 0 bridgehead atoms. The number of pyridine rings is 1. The van der Waals surface area contributed by atoms with Crippen LogP contribution in [0.15, 0.2) is 48.7 Å². The van der Waals surface area contributed by atoms with Gasteiger partial charge in [-0.2, -0.15) is 0 Å². The second-order valence-corrected chi connectivity index (χ2v) is 5.54. The number of hydrogen-bond donors (Lipinski definition) is 0.